The zero-order valence-electron chi connectivity index (χ0n) is 14.4. The summed E-state index contributed by atoms with van der Waals surface area (Å²) in [5.74, 6) is 1.76. The number of nitrogens with zero attached hydrogens (tertiary/aromatic N) is 4. The number of rotatable bonds is 6. The molecule has 1 aliphatic heterocycles. The third-order valence-corrected chi connectivity index (χ3v) is 4.78. The molecule has 0 amide bonds. The van der Waals surface area contributed by atoms with Crippen LogP contribution in [0.2, 0.25) is 0 Å². The fourth-order valence-corrected chi connectivity index (χ4v) is 3.45. The van der Waals surface area contributed by atoms with Crippen molar-refractivity contribution < 1.29 is 4.42 Å². The molecule has 0 spiro atoms. The number of oxazole rings is 1. The molecule has 0 bridgehead atoms. The van der Waals surface area contributed by atoms with Crippen LogP contribution in [0.1, 0.15) is 31.4 Å². The van der Waals surface area contributed by atoms with Crippen LogP contribution in [0.15, 0.2) is 33.5 Å². The Kier molecular flexibility index (Phi) is 4.40. The molecule has 4 rings (SSSR count). The van der Waals surface area contributed by atoms with E-state index in [9.17, 15) is 4.79 Å². The van der Waals surface area contributed by atoms with Gasteiger partial charge in [0.15, 0.2) is 11.4 Å². The molecule has 3 aromatic rings. The summed E-state index contributed by atoms with van der Waals surface area (Å²) in [5, 5.41) is 8.13. The quantitative estimate of drug-likeness (QED) is 0.691. The van der Waals surface area contributed by atoms with Gasteiger partial charge in [-0.05, 0) is 31.5 Å². The molecule has 3 heterocycles. The van der Waals surface area contributed by atoms with Crippen LogP contribution in [0, 0.1) is 0 Å². The molecule has 7 nitrogen and oxygen atoms in total. The highest BCUT2D eigenvalue weighted by atomic mass is 16.4. The van der Waals surface area contributed by atoms with Crippen molar-refractivity contribution in [1.29, 1.82) is 0 Å². The number of aryl methyl sites for hydroxylation is 3. The number of benzene rings is 1. The fraction of sp³-hybridized carbons (Fsp3) is 0.500. The Bertz CT molecular complexity index is 923. The first kappa shape index (κ1) is 16.1. The van der Waals surface area contributed by atoms with Gasteiger partial charge in [-0.25, -0.2) is 14.5 Å². The van der Waals surface area contributed by atoms with Crippen molar-refractivity contribution >= 4 is 11.1 Å². The van der Waals surface area contributed by atoms with Crippen molar-refractivity contribution in [1.82, 2.24) is 24.6 Å². The number of aromatic nitrogens is 4. The lowest BCUT2D eigenvalue weighted by atomic mass is 10.1. The summed E-state index contributed by atoms with van der Waals surface area (Å²) in [4.78, 5) is 16.5. The molecular weight excluding hydrogens is 318 g/mol. The second-order valence-electron chi connectivity index (χ2n) is 6.51. The van der Waals surface area contributed by atoms with Crippen molar-refractivity contribution in [2.45, 2.75) is 51.7 Å². The fourth-order valence-electron chi connectivity index (χ4n) is 3.45. The molecule has 0 fully saturated rings. The molecule has 132 valence electrons. The summed E-state index contributed by atoms with van der Waals surface area (Å²) in [7, 11) is 0. The van der Waals surface area contributed by atoms with Gasteiger partial charge in [0, 0.05) is 25.4 Å². The highest BCUT2D eigenvalue weighted by molar-refractivity contribution is 5.72. The predicted octanol–water partition coefficient (Wildman–Crippen LogP) is 1.74. The van der Waals surface area contributed by atoms with Gasteiger partial charge >= 0.3 is 5.76 Å². The maximum Gasteiger partial charge on any atom is 0.419 e. The van der Waals surface area contributed by atoms with Gasteiger partial charge in [0.1, 0.15) is 5.82 Å². The molecule has 25 heavy (non-hydrogen) atoms. The third kappa shape index (κ3) is 3.24. The molecule has 0 saturated heterocycles. The van der Waals surface area contributed by atoms with E-state index in [1.165, 1.54) is 0 Å². The second kappa shape index (κ2) is 6.84. The van der Waals surface area contributed by atoms with Crippen molar-refractivity contribution in [2.75, 3.05) is 6.54 Å². The maximum absolute atomic E-state index is 12.0. The standard InChI is InChI=1S/C18H23N5O2/c1-2-16-20-17-9-8-13(12-23(17)21-16)19-10-5-11-22-14-6-3-4-7-15(14)25-18(22)24/h3-4,6-7,13,19H,2,5,8-12H2,1H3/t13-/m0/s1. The minimum absolute atomic E-state index is 0.279. The zero-order chi connectivity index (χ0) is 17.2. The van der Waals surface area contributed by atoms with Crippen LogP contribution in [-0.4, -0.2) is 31.9 Å². The van der Waals surface area contributed by atoms with Gasteiger partial charge in [0.05, 0.1) is 12.1 Å². The van der Waals surface area contributed by atoms with E-state index in [0.717, 1.165) is 55.9 Å². The maximum atomic E-state index is 12.0. The largest absolute Gasteiger partial charge is 0.419 e. The lowest BCUT2D eigenvalue weighted by molar-refractivity contribution is 0.354. The summed E-state index contributed by atoms with van der Waals surface area (Å²) in [6.07, 6.45) is 3.81. The normalized spacial score (nSPS) is 17.1. The molecular formula is C18H23N5O2. The van der Waals surface area contributed by atoms with E-state index in [2.05, 4.69) is 22.3 Å². The van der Waals surface area contributed by atoms with Crippen LogP contribution in [0.3, 0.4) is 0 Å². The number of hydrogen-bond acceptors (Lipinski definition) is 5. The molecule has 1 aromatic carbocycles. The van der Waals surface area contributed by atoms with Gasteiger partial charge in [0.2, 0.25) is 0 Å². The molecule has 0 unspecified atom stereocenters. The van der Waals surface area contributed by atoms with Crippen LogP contribution in [-0.2, 0) is 25.9 Å². The average molecular weight is 341 g/mol. The van der Waals surface area contributed by atoms with Crippen molar-refractivity contribution in [3.8, 4) is 0 Å². The minimum Gasteiger partial charge on any atom is -0.408 e. The van der Waals surface area contributed by atoms with E-state index in [4.69, 9.17) is 4.42 Å². The van der Waals surface area contributed by atoms with Gasteiger partial charge in [0.25, 0.3) is 0 Å². The van der Waals surface area contributed by atoms with E-state index in [1.807, 2.05) is 28.9 Å². The van der Waals surface area contributed by atoms with Crippen LogP contribution in [0.4, 0.5) is 0 Å². The second-order valence-corrected chi connectivity index (χ2v) is 6.51. The molecule has 1 atom stereocenters. The van der Waals surface area contributed by atoms with Gasteiger partial charge in [-0.1, -0.05) is 19.1 Å². The Balaban J connectivity index is 1.31. The predicted molar refractivity (Wildman–Crippen MR) is 94.6 cm³/mol. The van der Waals surface area contributed by atoms with Gasteiger partial charge in [-0.3, -0.25) is 4.57 Å². The highest BCUT2D eigenvalue weighted by Crippen LogP contribution is 2.14. The van der Waals surface area contributed by atoms with Gasteiger partial charge < -0.3 is 9.73 Å². The van der Waals surface area contributed by atoms with E-state index >= 15 is 0 Å². The molecule has 0 aliphatic carbocycles. The summed E-state index contributed by atoms with van der Waals surface area (Å²) >= 11 is 0. The summed E-state index contributed by atoms with van der Waals surface area (Å²) in [5.41, 5.74) is 1.52. The monoisotopic (exact) mass is 341 g/mol. The van der Waals surface area contributed by atoms with Gasteiger partial charge in [-0.15, -0.1) is 0 Å². The number of para-hydroxylation sites is 2. The zero-order valence-corrected chi connectivity index (χ0v) is 14.4. The Morgan fingerprint density at radius 2 is 2.24 bits per heavy atom. The number of hydrogen-bond donors (Lipinski definition) is 1. The first-order valence-electron chi connectivity index (χ1n) is 8.99. The number of fused-ring (bicyclic) bond motifs is 2. The summed E-state index contributed by atoms with van der Waals surface area (Å²) in [6.45, 7) is 4.47. The van der Waals surface area contributed by atoms with Crippen LogP contribution in [0.5, 0.6) is 0 Å². The van der Waals surface area contributed by atoms with Crippen molar-refractivity contribution in [3.63, 3.8) is 0 Å². The molecule has 2 aromatic heterocycles. The van der Waals surface area contributed by atoms with E-state index < -0.39 is 0 Å². The van der Waals surface area contributed by atoms with Crippen LogP contribution >= 0.6 is 0 Å². The SMILES string of the molecule is CCc1nc2n(n1)C[C@@H](NCCCn1c(=O)oc3ccccc31)CC2. The summed E-state index contributed by atoms with van der Waals surface area (Å²) in [6, 6.07) is 7.97. The van der Waals surface area contributed by atoms with Crippen molar-refractivity contribution in [3.05, 3.63) is 46.5 Å². The first-order chi connectivity index (χ1) is 12.2. The minimum atomic E-state index is -0.279. The Hall–Kier alpha value is -2.41. The average Bonchev–Trinajstić information content (AvgIpc) is 3.18. The van der Waals surface area contributed by atoms with Crippen molar-refractivity contribution in [2.24, 2.45) is 0 Å². The van der Waals surface area contributed by atoms with Gasteiger partial charge in [-0.2, -0.15) is 5.10 Å². The topological polar surface area (TPSA) is 77.9 Å². The lowest BCUT2D eigenvalue weighted by Gasteiger charge is -2.23. The third-order valence-electron chi connectivity index (χ3n) is 4.78. The molecule has 0 radical (unpaired) electrons. The Morgan fingerprint density at radius 3 is 3.12 bits per heavy atom. The van der Waals surface area contributed by atoms with Crippen LogP contribution in [0.25, 0.3) is 11.1 Å². The van der Waals surface area contributed by atoms with E-state index in [0.29, 0.717) is 18.2 Å². The molecule has 1 aliphatic rings. The Labute approximate surface area is 145 Å². The first-order valence-corrected chi connectivity index (χ1v) is 8.99. The lowest BCUT2D eigenvalue weighted by Crippen LogP contribution is -2.38. The molecule has 0 saturated carbocycles. The number of nitrogens with one attached hydrogen (secondary N) is 1. The highest BCUT2D eigenvalue weighted by Gasteiger charge is 2.20. The van der Waals surface area contributed by atoms with E-state index in [-0.39, 0.29) is 5.76 Å². The Morgan fingerprint density at radius 1 is 1.36 bits per heavy atom. The molecule has 7 heteroatoms. The smallest absolute Gasteiger partial charge is 0.408 e. The molecule has 1 N–H and O–H groups in total. The van der Waals surface area contributed by atoms with Crippen LogP contribution < -0.4 is 11.1 Å². The van der Waals surface area contributed by atoms with E-state index in [1.54, 1.807) is 4.57 Å². The summed E-state index contributed by atoms with van der Waals surface area (Å²) < 4.78 is 9.01.